The number of thioether (sulfide) groups is 1. The fourth-order valence-corrected chi connectivity index (χ4v) is 2.68. The molecule has 0 bridgehead atoms. The third kappa shape index (κ3) is 3.52. The molecule has 2 rings (SSSR count). The quantitative estimate of drug-likeness (QED) is 0.676. The maximum absolute atomic E-state index is 6.11. The minimum absolute atomic E-state index is 0.430. The van der Waals surface area contributed by atoms with Crippen LogP contribution in [-0.2, 0) is 5.75 Å². The van der Waals surface area contributed by atoms with Crippen LogP contribution in [0.25, 0.3) is 0 Å². The number of hydrogen-bond donors (Lipinski definition) is 1. The third-order valence-electron chi connectivity index (χ3n) is 2.41. The van der Waals surface area contributed by atoms with Crippen LogP contribution in [0.15, 0.2) is 35.6 Å². The van der Waals surface area contributed by atoms with Crippen molar-refractivity contribution in [3.8, 4) is 5.88 Å². The molecule has 6 heteroatoms. The zero-order chi connectivity index (χ0) is 13.7. The number of nitrogens with two attached hydrogens (primary N) is 1. The Bertz CT molecular complexity index is 565. The molecule has 1 heterocycles. The van der Waals surface area contributed by atoms with Crippen molar-refractivity contribution in [2.24, 2.45) is 0 Å². The van der Waals surface area contributed by atoms with Gasteiger partial charge in [0.05, 0.1) is 6.61 Å². The fraction of sp³-hybridized carbons (Fsp3) is 0.231. The van der Waals surface area contributed by atoms with Gasteiger partial charge in [0.15, 0.2) is 0 Å². The van der Waals surface area contributed by atoms with Crippen molar-refractivity contribution in [2.75, 3.05) is 12.3 Å². The summed E-state index contributed by atoms with van der Waals surface area (Å²) < 4.78 is 5.34. The van der Waals surface area contributed by atoms with Crippen LogP contribution in [0.3, 0.4) is 0 Å². The van der Waals surface area contributed by atoms with E-state index in [-0.39, 0.29) is 0 Å². The van der Waals surface area contributed by atoms with E-state index in [1.165, 1.54) is 18.1 Å². The highest BCUT2D eigenvalue weighted by atomic mass is 35.5. The predicted octanol–water partition coefficient (Wildman–Crippen LogP) is 3.40. The van der Waals surface area contributed by atoms with Gasteiger partial charge in [-0.2, -0.15) is 4.98 Å². The average Bonchev–Trinajstić information content (AvgIpc) is 2.42. The van der Waals surface area contributed by atoms with Crippen molar-refractivity contribution in [3.05, 3.63) is 41.2 Å². The lowest BCUT2D eigenvalue weighted by Gasteiger charge is -2.09. The second-order valence-corrected chi connectivity index (χ2v) is 5.08. The molecule has 0 aliphatic rings. The Labute approximate surface area is 121 Å². The summed E-state index contributed by atoms with van der Waals surface area (Å²) in [6.07, 6.45) is 1.45. The number of halogens is 1. The molecule has 1 aromatic heterocycles. The molecule has 2 N–H and O–H groups in total. The summed E-state index contributed by atoms with van der Waals surface area (Å²) in [6, 6.07) is 7.71. The number of rotatable bonds is 5. The van der Waals surface area contributed by atoms with Gasteiger partial charge in [0, 0.05) is 10.8 Å². The van der Waals surface area contributed by atoms with E-state index in [0.717, 1.165) is 10.6 Å². The molecule has 0 fully saturated rings. The van der Waals surface area contributed by atoms with Gasteiger partial charge in [-0.3, -0.25) is 0 Å². The third-order valence-corrected chi connectivity index (χ3v) is 3.84. The van der Waals surface area contributed by atoms with Crippen molar-refractivity contribution >= 4 is 29.1 Å². The van der Waals surface area contributed by atoms with Gasteiger partial charge in [-0.1, -0.05) is 41.6 Å². The highest BCUT2D eigenvalue weighted by Crippen LogP contribution is 2.32. The summed E-state index contributed by atoms with van der Waals surface area (Å²) in [5.41, 5.74) is 7.49. The number of nitrogens with zero attached hydrogens (tertiary/aromatic N) is 2. The van der Waals surface area contributed by atoms with Crippen LogP contribution in [0.1, 0.15) is 12.5 Å². The summed E-state index contributed by atoms with van der Waals surface area (Å²) in [4.78, 5) is 8.17. The molecule has 4 nitrogen and oxygen atoms in total. The van der Waals surface area contributed by atoms with Crippen LogP contribution in [0.2, 0.25) is 5.02 Å². The van der Waals surface area contributed by atoms with E-state index < -0.39 is 0 Å². The fourth-order valence-electron chi connectivity index (χ4n) is 1.49. The second kappa shape index (κ2) is 6.63. The van der Waals surface area contributed by atoms with Gasteiger partial charge in [-0.05, 0) is 18.6 Å². The maximum atomic E-state index is 6.11. The Morgan fingerprint density at radius 2 is 2.11 bits per heavy atom. The molecule has 0 radical (unpaired) electrons. The number of hydrogen-bond acceptors (Lipinski definition) is 5. The Morgan fingerprint density at radius 1 is 1.32 bits per heavy atom. The van der Waals surface area contributed by atoms with Crippen LogP contribution in [-0.4, -0.2) is 16.6 Å². The number of ether oxygens (including phenoxy) is 1. The summed E-state index contributed by atoms with van der Waals surface area (Å²) >= 11 is 7.62. The Balaban J connectivity index is 2.12. The SMILES string of the molecule is CCOc1ncnc(SCc2ccccc2Cl)c1N. The van der Waals surface area contributed by atoms with Crippen LogP contribution in [0, 0.1) is 0 Å². The molecular formula is C13H14ClN3OS. The van der Waals surface area contributed by atoms with E-state index in [0.29, 0.717) is 29.0 Å². The Morgan fingerprint density at radius 3 is 2.84 bits per heavy atom. The van der Waals surface area contributed by atoms with Crippen LogP contribution in [0.5, 0.6) is 5.88 Å². The van der Waals surface area contributed by atoms with Gasteiger partial charge in [0.1, 0.15) is 17.0 Å². The molecule has 0 unspecified atom stereocenters. The average molecular weight is 296 g/mol. The first-order chi connectivity index (χ1) is 9.22. The molecule has 0 saturated heterocycles. The smallest absolute Gasteiger partial charge is 0.241 e. The van der Waals surface area contributed by atoms with Crippen LogP contribution in [0.4, 0.5) is 5.69 Å². The van der Waals surface area contributed by atoms with E-state index >= 15 is 0 Å². The predicted molar refractivity (Wildman–Crippen MR) is 78.6 cm³/mol. The summed E-state index contributed by atoms with van der Waals surface area (Å²) in [7, 11) is 0. The van der Waals surface area contributed by atoms with Gasteiger partial charge in [-0.15, -0.1) is 0 Å². The van der Waals surface area contributed by atoms with Crippen molar-refractivity contribution in [1.82, 2.24) is 9.97 Å². The first-order valence-corrected chi connectivity index (χ1v) is 7.18. The number of nitrogen functional groups attached to an aromatic ring is 1. The van der Waals surface area contributed by atoms with Crippen molar-refractivity contribution in [2.45, 2.75) is 17.7 Å². The van der Waals surface area contributed by atoms with E-state index in [9.17, 15) is 0 Å². The van der Waals surface area contributed by atoms with Gasteiger partial charge < -0.3 is 10.5 Å². The Hall–Kier alpha value is -1.46. The molecule has 0 aliphatic heterocycles. The lowest BCUT2D eigenvalue weighted by atomic mass is 10.2. The van der Waals surface area contributed by atoms with Gasteiger partial charge in [-0.25, -0.2) is 4.98 Å². The maximum Gasteiger partial charge on any atom is 0.241 e. The van der Waals surface area contributed by atoms with E-state index in [1.807, 2.05) is 31.2 Å². The van der Waals surface area contributed by atoms with Crippen LogP contribution >= 0.6 is 23.4 Å². The summed E-state index contributed by atoms with van der Waals surface area (Å²) in [5.74, 6) is 1.13. The van der Waals surface area contributed by atoms with E-state index in [1.54, 1.807) is 0 Å². The molecule has 1 aromatic carbocycles. The zero-order valence-electron chi connectivity index (χ0n) is 10.5. The van der Waals surface area contributed by atoms with E-state index in [2.05, 4.69) is 9.97 Å². The first kappa shape index (κ1) is 14.0. The van der Waals surface area contributed by atoms with Crippen molar-refractivity contribution in [1.29, 1.82) is 0 Å². The topological polar surface area (TPSA) is 61.0 Å². The highest BCUT2D eigenvalue weighted by Gasteiger charge is 2.10. The highest BCUT2D eigenvalue weighted by molar-refractivity contribution is 7.98. The number of aromatic nitrogens is 2. The van der Waals surface area contributed by atoms with Gasteiger partial charge in [0.2, 0.25) is 5.88 Å². The normalized spacial score (nSPS) is 10.4. The first-order valence-electron chi connectivity index (χ1n) is 5.81. The molecule has 0 spiro atoms. The molecular weight excluding hydrogens is 282 g/mol. The minimum atomic E-state index is 0.430. The number of benzene rings is 1. The Kier molecular flexibility index (Phi) is 4.87. The zero-order valence-corrected chi connectivity index (χ0v) is 12.0. The van der Waals surface area contributed by atoms with E-state index in [4.69, 9.17) is 22.1 Å². The molecule has 0 atom stereocenters. The second-order valence-electron chi connectivity index (χ2n) is 3.71. The summed E-state index contributed by atoms with van der Waals surface area (Å²) in [6.45, 7) is 2.41. The monoisotopic (exact) mass is 295 g/mol. The van der Waals surface area contributed by atoms with Gasteiger partial charge in [0.25, 0.3) is 0 Å². The lowest BCUT2D eigenvalue weighted by Crippen LogP contribution is -2.02. The molecule has 19 heavy (non-hydrogen) atoms. The van der Waals surface area contributed by atoms with Crippen LogP contribution < -0.4 is 10.5 Å². The molecule has 0 aliphatic carbocycles. The van der Waals surface area contributed by atoms with Crippen molar-refractivity contribution < 1.29 is 4.74 Å². The van der Waals surface area contributed by atoms with Gasteiger partial charge >= 0.3 is 0 Å². The standard InChI is InChI=1S/C13H14ClN3OS/c1-2-18-12-11(15)13(17-8-16-12)19-7-9-5-3-4-6-10(9)14/h3-6,8H,2,7,15H2,1H3. The number of anilines is 1. The molecule has 2 aromatic rings. The minimum Gasteiger partial charge on any atom is -0.476 e. The largest absolute Gasteiger partial charge is 0.476 e. The molecule has 0 saturated carbocycles. The lowest BCUT2D eigenvalue weighted by molar-refractivity contribution is 0.327. The molecule has 0 amide bonds. The van der Waals surface area contributed by atoms with Crippen molar-refractivity contribution in [3.63, 3.8) is 0 Å². The molecule has 100 valence electrons. The summed E-state index contributed by atoms with van der Waals surface area (Å²) in [5, 5.41) is 1.45.